The molecule has 0 saturated carbocycles. The second kappa shape index (κ2) is 7.46. The number of benzene rings is 1. The Labute approximate surface area is 127 Å². The van der Waals surface area contributed by atoms with E-state index in [0.29, 0.717) is 25.0 Å². The standard InChI is InChI=1S/C17H26N2O2/c1-4-21-16-7-5-15(6-8-16)18-17(20)12-19-10-13(2)9-14(3)11-19/h5-8,13-14H,4,9-12H2,1-3H3,(H,18,20). The molecule has 0 spiro atoms. The van der Waals surface area contributed by atoms with Crippen LogP contribution in [0.2, 0.25) is 0 Å². The first-order chi connectivity index (χ1) is 10.1. The second-order valence-corrected chi connectivity index (χ2v) is 6.15. The molecule has 1 aliphatic rings. The van der Waals surface area contributed by atoms with Crippen LogP contribution in [0.1, 0.15) is 27.2 Å². The first kappa shape index (κ1) is 15.8. The lowest BCUT2D eigenvalue weighted by Gasteiger charge is -2.34. The maximum absolute atomic E-state index is 12.1. The maximum Gasteiger partial charge on any atom is 0.238 e. The Balaban J connectivity index is 1.83. The average Bonchev–Trinajstić information content (AvgIpc) is 2.40. The molecule has 0 aliphatic carbocycles. The number of nitrogens with one attached hydrogen (secondary N) is 1. The molecule has 0 aromatic heterocycles. The van der Waals surface area contributed by atoms with E-state index in [9.17, 15) is 4.79 Å². The molecule has 4 nitrogen and oxygen atoms in total. The number of amides is 1. The summed E-state index contributed by atoms with van der Waals surface area (Å²) in [7, 11) is 0. The molecule has 2 atom stereocenters. The summed E-state index contributed by atoms with van der Waals surface area (Å²) in [6, 6.07) is 7.52. The molecule has 2 unspecified atom stereocenters. The van der Waals surface area contributed by atoms with Gasteiger partial charge in [0.1, 0.15) is 5.75 Å². The van der Waals surface area contributed by atoms with E-state index in [-0.39, 0.29) is 5.91 Å². The Bertz CT molecular complexity index is 448. The number of anilines is 1. The van der Waals surface area contributed by atoms with Crippen LogP contribution in [-0.4, -0.2) is 37.0 Å². The minimum absolute atomic E-state index is 0.0560. The minimum atomic E-state index is 0.0560. The zero-order valence-electron chi connectivity index (χ0n) is 13.3. The smallest absolute Gasteiger partial charge is 0.238 e. The summed E-state index contributed by atoms with van der Waals surface area (Å²) in [5.74, 6) is 2.23. The third-order valence-electron chi connectivity index (χ3n) is 3.76. The van der Waals surface area contributed by atoms with Crippen molar-refractivity contribution in [1.29, 1.82) is 0 Å². The van der Waals surface area contributed by atoms with Crippen LogP contribution < -0.4 is 10.1 Å². The summed E-state index contributed by atoms with van der Waals surface area (Å²) in [4.78, 5) is 14.4. The van der Waals surface area contributed by atoms with Crippen LogP contribution in [-0.2, 0) is 4.79 Å². The van der Waals surface area contributed by atoms with E-state index < -0.39 is 0 Å². The zero-order chi connectivity index (χ0) is 15.2. The number of likely N-dealkylation sites (tertiary alicyclic amines) is 1. The fourth-order valence-corrected chi connectivity index (χ4v) is 3.13. The van der Waals surface area contributed by atoms with E-state index in [1.165, 1.54) is 6.42 Å². The van der Waals surface area contributed by atoms with Gasteiger partial charge in [0, 0.05) is 18.8 Å². The zero-order valence-corrected chi connectivity index (χ0v) is 13.3. The van der Waals surface area contributed by atoms with Crippen LogP contribution in [0.4, 0.5) is 5.69 Å². The number of piperidine rings is 1. The van der Waals surface area contributed by atoms with Crippen molar-refractivity contribution in [1.82, 2.24) is 4.90 Å². The van der Waals surface area contributed by atoms with E-state index >= 15 is 0 Å². The van der Waals surface area contributed by atoms with Crippen LogP contribution in [0.25, 0.3) is 0 Å². The number of nitrogens with zero attached hydrogens (tertiary/aromatic N) is 1. The fourth-order valence-electron chi connectivity index (χ4n) is 3.13. The van der Waals surface area contributed by atoms with Gasteiger partial charge in [0.2, 0.25) is 5.91 Å². The van der Waals surface area contributed by atoms with E-state index in [2.05, 4.69) is 24.1 Å². The van der Waals surface area contributed by atoms with Crippen LogP contribution in [0.3, 0.4) is 0 Å². The monoisotopic (exact) mass is 290 g/mol. The van der Waals surface area contributed by atoms with Gasteiger partial charge in [-0.3, -0.25) is 9.69 Å². The molecule has 1 saturated heterocycles. The van der Waals surface area contributed by atoms with E-state index in [1.807, 2.05) is 31.2 Å². The van der Waals surface area contributed by atoms with Crippen molar-refractivity contribution in [2.24, 2.45) is 11.8 Å². The van der Waals surface area contributed by atoms with Crippen LogP contribution >= 0.6 is 0 Å². The van der Waals surface area contributed by atoms with Gasteiger partial charge < -0.3 is 10.1 Å². The van der Waals surface area contributed by atoms with E-state index in [0.717, 1.165) is 24.5 Å². The Hall–Kier alpha value is -1.55. The third-order valence-corrected chi connectivity index (χ3v) is 3.76. The third kappa shape index (κ3) is 5.05. The molecular weight excluding hydrogens is 264 g/mol. The quantitative estimate of drug-likeness (QED) is 0.906. The number of carbonyl (C=O) groups excluding carboxylic acids is 1. The van der Waals surface area contributed by atoms with Crippen molar-refractivity contribution in [2.45, 2.75) is 27.2 Å². The summed E-state index contributed by atoms with van der Waals surface area (Å²) in [5, 5.41) is 2.95. The topological polar surface area (TPSA) is 41.6 Å². The molecule has 1 amide bonds. The van der Waals surface area contributed by atoms with Crippen molar-refractivity contribution in [3.8, 4) is 5.75 Å². The van der Waals surface area contributed by atoms with Crippen LogP contribution in [0.15, 0.2) is 24.3 Å². The lowest BCUT2D eigenvalue weighted by atomic mass is 9.92. The summed E-state index contributed by atoms with van der Waals surface area (Å²) < 4.78 is 5.39. The highest BCUT2D eigenvalue weighted by Gasteiger charge is 2.23. The van der Waals surface area contributed by atoms with Gasteiger partial charge in [-0.2, -0.15) is 0 Å². The Morgan fingerprint density at radius 3 is 2.43 bits per heavy atom. The van der Waals surface area contributed by atoms with Gasteiger partial charge in [0.15, 0.2) is 0 Å². The molecule has 1 heterocycles. The Morgan fingerprint density at radius 2 is 1.86 bits per heavy atom. The first-order valence-corrected chi connectivity index (χ1v) is 7.82. The van der Waals surface area contributed by atoms with Gasteiger partial charge in [-0.15, -0.1) is 0 Å². The number of ether oxygens (including phenoxy) is 1. The van der Waals surface area contributed by atoms with Crippen LogP contribution in [0.5, 0.6) is 5.75 Å². The molecule has 0 radical (unpaired) electrons. The molecule has 0 bridgehead atoms. The van der Waals surface area contributed by atoms with Gasteiger partial charge in [-0.1, -0.05) is 13.8 Å². The molecule has 4 heteroatoms. The minimum Gasteiger partial charge on any atom is -0.494 e. The Morgan fingerprint density at radius 1 is 1.24 bits per heavy atom. The molecular formula is C17H26N2O2. The predicted molar refractivity (Wildman–Crippen MR) is 85.6 cm³/mol. The number of hydrogen-bond donors (Lipinski definition) is 1. The largest absolute Gasteiger partial charge is 0.494 e. The molecule has 2 rings (SSSR count). The van der Waals surface area contributed by atoms with Gasteiger partial charge in [0.25, 0.3) is 0 Å². The van der Waals surface area contributed by atoms with Crippen molar-refractivity contribution >= 4 is 11.6 Å². The van der Waals surface area contributed by atoms with Crippen LogP contribution in [0, 0.1) is 11.8 Å². The highest BCUT2D eigenvalue weighted by atomic mass is 16.5. The van der Waals surface area contributed by atoms with Gasteiger partial charge in [-0.25, -0.2) is 0 Å². The lowest BCUT2D eigenvalue weighted by Crippen LogP contribution is -2.42. The fraction of sp³-hybridized carbons (Fsp3) is 0.588. The van der Waals surface area contributed by atoms with E-state index in [4.69, 9.17) is 4.74 Å². The van der Waals surface area contributed by atoms with Crippen molar-refractivity contribution in [3.05, 3.63) is 24.3 Å². The lowest BCUT2D eigenvalue weighted by molar-refractivity contribution is -0.117. The molecule has 1 aliphatic heterocycles. The molecule has 1 fully saturated rings. The van der Waals surface area contributed by atoms with Crippen molar-refractivity contribution in [3.63, 3.8) is 0 Å². The molecule has 21 heavy (non-hydrogen) atoms. The molecule has 1 N–H and O–H groups in total. The Kier molecular flexibility index (Phi) is 5.62. The van der Waals surface area contributed by atoms with Crippen molar-refractivity contribution in [2.75, 3.05) is 31.6 Å². The van der Waals surface area contributed by atoms with Crippen molar-refractivity contribution < 1.29 is 9.53 Å². The second-order valence-electron chi connectivity index (χ2n) is 6.15. The predicted octanol–water partition coefficient (Wildman–Crippen LogP) is 3.00. The first-order valence-electron chi connectivity index (χ1n) is 7.82. The SMILES string of the molecule is CCOc1ccc(NC(=O)CN2CC(C)CC(C)C2)cc1. The van der Waals surface area contributed by atoms with Gasteiger partial charge in [0.05, 0.1) is 13.2 Å². The molecule has 1 aromatic carbocycles. The highest BCUT2D eigenvalue weighted by Crippen LogP contribution is 2.21. The maximum atomic E-state index is 12.1. The number of hydrogen-bond acceptors (Lipinski definition) is 3. The number of rotatable bonds is 5. The summed E-state index contributed by atoms with van der Waals surface area (Å²) >= 11 is 0. The van der Waals surface area contributed by atoms with Gasteiger partial charge in [-0.05, 0) is 49.4 Å². The molecule has 116 valence electrons. The normalized spacial score (nSPS) is 22.8. The summed E-state index contributed by atoms with van der Waals surface area (Å²) in [6.07, 6.45) is 1.26. The molecule has 1 aromatic rings. The average molecular weight is 290 g/mol. The summed E-state index contributed by atoms with van der Waals surface area (Å²) in [5.41, 5.74) is 0.821. The summed E-state index contributed by atoms with van der Waals surface area (Å²) in [6.45, 7) is 9.62. The highest BCUT2D eigenvalue weighted by molar-refractivity contribution is 5.92. The van der Waals surface area contributed by atoms with Gasteiger partial charge >= 0.3 is 0 Å². The number of carbonyl (C=O) groups is 1. The van der Waals surface area contributed by atoms with E-state index in [1.54, 1.807) is 0 Å².